The number of hydrogen-bond acceptors (Lipinski definition) is 1. The third-order valence-corrected chi connectivity index (χ3v) is 5.02. The molecule has 1 aliphatic heterocycles. The summed E-state index contributed by atoms with van der Waals surface area (Å²) in [4.78, 5) is 0.589. The maximum Gasteiger partial charge on any atom is 0.288 e. The second kappa shape index (κ2) is 6.40. The zero-order valence-corrected chi connectivity index (χ0v) is 13.8. The second-order valence-corrected chi connectivity index (χ2v) is 6.86. The van der Waals surface area contributed by atoms with Gasteiger partial charge in [0.05, 0.1) is 13.0 Å². The van der Waals surface area contributed by atoms with E-state index in [0.29, 0.717) is 16.7 Å². The molecule has 122 valence electrons. The number of benzene rings is 2. The Balaban J connectivity index is 1.80. The Kier molecular flexibility index (Phi) is 4.10. The monoisotopic (exact) mass is 343 g/mol. The van der Waals surface area contributed by atoms with Crippen molar-refractivity contribution in [3.05, 3.63) is 66.6 Å². The van der Waals surface area contributed by atoms with Gasteiger partial charge in [-0.25, -0.2) is 4.57 Å². The van der Waals surface area contributed by atoms with Crippen LogP contribution >= 0.6 is 11.8 Å². The minimum absolute atomic E-state index is 0.583. The van der Waals surface area contributed by atoms with Gasteiger partial charge in [0.15, 0.2) is 5.69 Å². The molecule has 0 unspecified atom stereocenters. The molecular weight excluding hydrogens is 326 g/mol. The third-order valence-electron chi connectivity index (χ3n) is 4.30. The number of rotatable bonds is 4. The van der Waals surface area contributed by atoms with Crippen molar-refractivity contribution < 1.29 is 13.3 Å². The number of alkyl halides is 2. The molecule has 0 saturated carbocycles. The minimum Gasteiger partial charge on any atom is -0.233 e. The molecule has 0 N–H and O–H groups in total. The molecule has 3 aromatic rings. The van der Waals surface area contributed by atoms with Crippen LogP contribution in [0.5, 0.6) is 0 Å². The zero-order valence-electron chi connectivity index (χ0n) is 13.0. The number of thioether (sulfide) groups is 1. The highest BCUT2D eigenvalue weighted by Crippen LogP contribution is 2.29. The quantitative estimate of drug-likeness (QED) is 0.493. The molecule has 0 bridgehead atoms. The maximum atomic E-state index is 12.5. The van der Waals surface area contributed by atoms with Crippen LogP contribution in [-0.2, 0) is 13.0 Å². The molecule has 0 radical (unpaired) electrons. The number of fused-ring (bicyclic) bond motifs is 1. The lowest BCUT2D eigenvalue weighted by atomic mass is 10.1. The first-order chi connectivity index (χ1) is 11.7. The maximum absolute atomic E-state index is 12.5. The lowest BCUT2D eigenvalue weighted by Gasteiger charge is -2.06. The highest BCUT2D eigenvalue weighted by Gasteiger charge is 2.29. The third kappa shape index (κ3) is 2.84. The molecule has 1 aromatic heterocycles. The molecule has 2 nitrogen and oxygen atoms in total. The van der Waals surface area contributed by atoms with E-state index < -0.39 is 5.76 Å². The molecule has 1 aliphatic rings. The first-order valence-electron chi connectivity index (χ1n) is 7.97. The van der Waals surface area contributed by atoms with Crippen molar-refractivity contribution in [1.29, 1.82) is 0 Å². The van der Waals surface area contributed by atoms with Crippen LogP contribution in [0.4, 0.5) is 8.78 Å². The highest BCUT2D eigenvalue weighted by molar-refractivity contribution is 7.99. The van der Waals surface area contributed by atoms with Crippen LogP contribution in [0.3, 0.4) is 0 Å². The summed E-state index contributed by atoms with van der Waals surface area (Å²) >= 11 is 0.583. The smallest absolute Gasteiger partial charge is 0.233 e. The zero-order chi connectivity index (χ0) is 16.5. The van der Waals surface area contributed by atoms with Crippen molar-refractivity contribution in [1.82, 2.24) is 4.57 Å². The molecular formula is C19H17F2N2S+. The fraction of sp³-hybridized carbons (Fsp3) is 0.211. The van der Waals surface area contributed by atoms with E-state index in [1.54, 1.807) is 12.1 Å². The van der Waals surface area contributed by atoms with E-state index in [9.17, 15) is 8.78 Å². The standard InChI is InChI=1S/C19H17F2N2S/c20-19(21)24-16-10-8-15(9-11-16)23-17(14-5-2-1-3-6-14)13-22-12-4-7-18(22)23/h1-3,5-6,8-11,13,19H,4,7,12H2/q+1. The van der Waals surface area contributed by atoms with Crippen molar-refractivity contribution in [3.8, 4) is 16.9 Å². The molecule has 0 saturated heterocycles. The Labute approximate surface area is 143 Å². The van der Waals surface area contributed by atoms with Crippen LogP contribution < -0.4 is 4.57 Å². The van der Waals surface area contributed by atoms with Gasteiger partial charge >= 0.3 is 0 Å². The molecule has 24 heavy (non-hydrogen) atoms. The molecule has 0 amide bonds. The largest absolute Gasteiger partial charge is 0.288 e. The Morgan fingerprint density at radius 2 is 1.75 bits per heavy atom. The molecule has 0 fully saturated rings. The van der Waals surface area contributed by atoms with Gasteiger partial charge in [0.1, 0.15) is 11.9 Å². The molecule has 5 heteroatoms. The van der Waals surface area contributed by atoms with E-state index >= 15 is 0 Å². The summed E-state index contributed by atoms with van der Waals surface area (Å²) in [6, 6.07) is 17.7. The second-order valence-electron chi connectivity index (χ2n) is 5.80. The van der Waals surface area contributed by atoms with Crippen molar-refractivity contribution >= 4 is 11.8 Å². The first-order valence-corrected chi connectivity index (χ1v) is 8.85. The van der Waals surface area contributed by atoms with Crippen LogP contribution in [0.1, 0.15) is 12.2 Å². The average molecular weight is 343 g/mol. The lowest BCUT2D eigenvalue weighted by molar-refractivity contribution is -0.689. The van der Waals surface area contributed by atoms with E-state index in [1.165, 1.54) is 5.82 Å². The summed E-state index contributed by atoms with van der Waals surface area (Å²) in [7, 11) is 0. The molecule has 0 atom stereocenters. The Morgan fingerprint density at radius 1 is 1.00 bits per heavy atom. The average Bonchev–Trinajstić information content (AvgIpc) is 3.17. The Bertz CT molecular complexity index is 842. The topological polar surface area (TPSA) is 8.81 Å². The van der Waals surface area contributed by atoms with Gasteiger partial charge in [0, 0.05) is 10.5 Å². The van der Waals surface area contributed by atoms with Gasteiger partial charge in [-0.2, -0.15) is 13.3 Å². The molecule has 0 aliphatic carbocycles. The molecule has 2 aromatic carbocycles. The number of aromatic nitrogens is 2. The van der Waals surface area contributed by atoms with Crippen LogP contribution in [0, 0.1) is 0 Å². The number of hydrogen-bond donors (Lipinski definition) is 0. The fourth-order valence-corrected chi connectivity index (χ4v) is 3.78. The van der Waals surface area contributed by atoms with Crippen LogP contribution in [0.25, 0.3) is 16.9 Å². The predicted octanol–water partition coefficient (Wildman–Crippen LogP) is 4.69. The van der Waals surface area contributed by atoms with Gasteiger partial charge in [0.25, 0.3) is 11.6 Å². The van der Waals surface area contributed by atoms with Gasteiger partial charge in [-0.3, -0.25) is 0 Å². The SMILES string of the molecule is FC(F)Sc1ccc(-n2c(-c3ccccc3)c[n+]3c2CCC3)cc1. The van der Waals surface area contributed by atoms with E-state index in [2.05, 4.69) is 27.5 Å². The highest BCUT2D eigenvalue weighted by atomic mass is 32.2. The predicted molar refractivity (Wildman–Crippen MR) is 91.6 cm³/mol. The summed E-state index contributed by atoms with van der Waals surface area (Å²) in [6.07, 6.45) is 4.36. The summed E-state index contributed by atoms with van der Waals surface area (Å²) in [6.45, 7) is 1.03. The fourth-order valence-electron chi connectivity index (χ4n) is 3.28. The normalized spacial score (nSPS) is 13.5. The summed E-state index contributed by atoms with van der Waals surface area (Å²) < 4.78 is 29.6. The minimum atomic E-state index is -2.39. The number of nitrogens with zero attached hydrogens (tertiary/aromatic N) is 2. The van der Waals surface area contributed by atoms with Gasteiger partial charge < -0.3 is 0 Å². The Hall–Kier alpha value is -2.14. The molecule has 0 spiro atoms. The summed E-state index contributed by atoms with van der Waals surface area (Å²) in [5.74, 6) is -1.12. The van der Waals surface area contributed by atoms with E-state index in [-0.39, 0.29) is 0 Å². The molecule has 2 heterocycles. The molecule has 4 rings (SSSR count). The van der Waals surface area contributed by atoms with Gasteiger partial charge in [-0.1, -0.05) is 42.1 Å². The number of halogens is 2. The van der Waals surface area contributed by atoms with E-state index in [0.717, 1.165) is 36.3 Å². The van der Waals surface area contributed by atoms with Crippen LogP contribution in [0.2, 0.25) is 0 Å². The lowest BCUT2D eigenvalue weighted by Crippen LogP contribution is -2.30. The van der Waals surface area contributed by atoms with E-state index in [4.69, 9.17) is 0 Å². The van der Waals surface area contributed by atoms with Crippen molar-refractivity contribution in [2.75, 3.05) is 0 Å². The van der Waals surface area contributed by atoms with Gasteiger partial charge in [-0.05, 0) is 30.7 Å². The van der Waals surface area contributed by atoms with E-state index in [1.807, 2.05) is 30.3 Å². The van der Waals surface area contributed by atoms with Crippen molar-refractivity contribution in [2.45, 2.75) is 30.0 Å². The van der Waals surface area contributed by atoms with Crippen LogP contribution in [-0.4, -0.2) is 10.3 Å². The summed E-state index contributed by atoms with van der Waals surface area (Å²) in [5, 5.41) is 0. The van der Waals surface area contributed by atoms with Crippen molar-refractivity contribution in [2.24, 2.45) is 0 Å². The number of imidazole rings is 1. The Morgan fingerprint density at radius 3 is 2.46 bits per heavy atom. The van der Waals surface area contributed by atoms with Crippen LogP contribution in [0.15, 0.2) is 65.7 Å². The first kappa shape index (κ1) is 15.4. The number of aryl methyl sites for hydroxylation is 1. The summed E-state index contributed by atoms with van der Waals surface area (Å²) in [5.41, 5.74) is 3.31. The van der Waals surface area contributed by atoms with Gasteiger partial charge in [0.2, 0.25) is 0 Å². The van der Waals surface area contributed by atoms with Crippen molar-refractivity contribution in [3.63, 3.8) is 0 Å². The van der Waals surface area contributed by atoms with Gasteiger partial charge in [-0.15, -0.1) is 0 Å².